The number of anilines is 2. The molecule has 0 saturated carbocycles. The summed E-state index contributed by atoms with van der Waals surface area (Å²) in [5.74, 6) is 1.34. The molecule has 0 aliphatic rings. The van der Waals surface area contributed by atoms with Crippen LogP contribution in [0, 0.1) is 0 Å². The molecule has 1 aromatic heterocycles. The van der Waals surface area contributed by atoms with E-state index in [-0.39, 0.29) is 11.7 Å². The Kier molecular flexibility index (Phi) is 8.11. The minimum Gasteiger partial charge on any atom is -0.493 e. The third-order valence-corrected chi connectivity index (χ3v) is 4.83. The van der Waals surface area contributed by atoms with Gasteiger partial charge in [-0.25, -0.2) is 0 Å². The molecule has 1 amide bonds. The van der Waals surface area contributed by atoms with Crippen molar-refractivity contribution in [3.8, 4) is 17.2 Å². The van der Waals surface area contributed by atoms with Gasteiger partial charge in [-0.2, -0.15) is 0 Å². The van der Waals surface area contributed by atoms with Gasteiger partial charge in [-0.1, -0.05) is 6.07 Å². The van der Waals surface area contributed by atoms with E-state index in [4.69, 9.17) is 35.6 Å². The standard InChI is InChI=1S/C23H25N3O6S/c1-28-18-11-14(12-19(29-2)20(18)30-3)22(31-4)26-23(33)25-16-8-5-7-15(13-16)24-21(27)17-9-6-10-32-17/h5-13,22H,1-4H3,(H,24,27)(H2,25,26,33). The van der Waals surface area contributed by atoms with Crippen LogP contribution in [0.15, 0.2) is 59.2 Å². The molecule has 9 nitrogen and oxygen atoms in total. The predicted octanol–water partition coefficient (Wildman–Crippen LogP) is 4.19. The topological polar surface area (TPSA) is 103 Å². The first-order valence-corrected chi connectivity index (χ1v) is 10.2. The molecule has 0 radical (unpaired) electrons. The van der Waals surface area contributed by atoms with E-state index in [0.29, 0.717) is 33.7 Å². The average molecular weight is 472 g/mol. The molecule has 174 valence electrons. The molecule has 1 heterocycles. The normalized spacial score (nSPS) is 11.3. The zero-order valence-electron chi connectivity index (χ0n) is 18.6. The molecule has 0 saturated heterocycles. The van der Waals surface area contributed by atoms with Crippen LogP contribution in [-0.4, -0.2) is 39.5 Å². The van der Waals surface area contributed by atoms with Crippen LogP contribution in [0.4, 0.5) is 11.4 Å². The van der Waals surface area contributed by atoms with Gasteiger partial charge in [0.15, 0.2) is 28.6 Å². The SMILES string of the molecule is COc1cc(C(NC(=S)Nc2cccc(NC(=O)c3ccco3)c2)OC)cc(OC)c1OC. The molecular formula is C23H25N3O6S. The molecule has 0 aliphatic carbocycles. The molecule has 1 atom stereocenters. The van der Waals surface area contributed by atoms with Crippen molar-refractivity contribution in [3.05, 3.63) is 66.1 Å². The van der Waals surface area contributed by atoms with Gasteiger partial charge >= 0.3 is 0 Å². The highest BCUT2D eigenvalue weighted by Crippen LogP contribution is 2.39. The monoisotopic (exact) mass is 471 g/mol. The van der Waals surface area contributed by atoms with Crippen LogP contribution >= 0.6 is 12.2 Å². The predicted molar refractivity (Wildman–Crippen MR) is 128 cm³/mol. The molecule has 0 bridgehead atoms. The van der Waals surface area contributed by atoms with E-state index in [0.717, 1.165) is 5.56 Å². The van der Waals surface area contributed by atoms with Gasteiger partial charge < -0.3 is 39.3 Å². The summed E-state index contributed by atoms with van der Waals surface area (Å²) in [5, 5.41) is 9.26. The highest BCUT2D eigenvalue weighted by Gasteiger charge is 2.19. The summed E-state index contributed by atoms with van der Waals surface area (Å²) in [4.78, 5) is 12.2. The van der Waals surface area contributed by atoms with Crippen LogP contribution in [0.1, 0.15) is 22.3 Å². The number of ether oxygens (including phenoxy) is 4. The number of hydrogen-bond acceptors (Lipinski definition) is 7. The maximum absolute atomic E-state index is 12.2. The number of thiocarbonyl (C=S) groups is 1. The van der Waals surface area contributed by atoms with E-state index < -0.39 is 6.23 Å². The molecule has 0 fully saturated rings. The molecule has 2 aromatic carbocycles. The molecular weight excluding hydrogens is 446 g/mol. The maximum Gasteiger partial charge on any atom is 0.291 e. The van der Waals surface area contributed by atoms with Crippen molar-refractivity contribution in [2.24, 2.45) is 0 Å². The van der Waals surface area contributed by atoms with E-state index in [2.05, 4.69) is 16.0 Å². The fourth-order valence-corrected chi connectivity index (χ4v) is 3.32. The minimum absolute atomic E-state index is 0.221. The number of furan rings is 1. The Morgan fingerprint density at radius 1 is 0.909 bits per heavy atom. The average Bonchev–Trinajstić information content (AvgIpc) is 3.37. The van der Waals surface area contributed by atoms with Crippen molar-refractivity contribution in [1.29, 1.82) is 0 Å². The zero-order valence-corrected chi connectivity index (χ0v) is 19.4. The van der Waals surface area contributed by atoms with Gasteiger partial charge in [-0.05, 0) is 54.7 Å². The quantitative estimate of drug-likeness (QED) is 0.313. The third-order valence-electron chi connectivity index (χ3n) is 4.61. The molecule has 3 aromatic rings. The lowest BCUT2D eigenvalue weighted by Gasteiger charge is -2.22. The first-order valence-electron chi connectivity index (χ1n) is 9.84. The molecule has 33 heavy (non-hydrogen) atoms. The first kappa shape index (κ1) is 23.9. The van der Waals surface area contributed by atoms with Gasteiger partial charge in [0, 0.05) is 24.0 Å². The summed E-state index contributed by atoms with van der Waals surface area (Å²) in [6, 6.07) is 13.9. The Morgan fingerprint density at radius 2 is 1.58 bits per heavy atom. The van der Waals surface area contributed by atoms with Crippen molar-refractivity contribution in [2.45, 2.75) is 6.23 Å². The Bertz CT molecular complexity index is 1080. The molecule has 3 N–H and O–H groups in total. The van der Waals surface area contributed by atoms with Crippen molar-refractivity contribution in [2.75, 3.05) is 39.1 Å². The van der Waals surface area contributed by atoms with Crippen LogP contribution in [-0.2, 0) is 4.74 Å². The molecule has 3 rings (SSSR count). The van der Waals surface area contributed by atoms with Gasteiger partial charge in [0.05, 0.1) is 27.6 Å². The van der Waals surface area contributed by atoms with Crippen LogP contribution in [0.25, 0.3) is 0 Å². The van der Waals surface area contributed by atoms with Crippen LogP contribution < -0.4 is 30.2 Å². The lowest BCUT2D eigenvalue weighted by Crippen LogP contribution is -2.33. The second kappa shape index (κ2) is 11.2. The number of nitrogens with one attached hydrogen (secondary N) is 3. The molecule has 0 spiro atoms. The van der Waals surface area contributed by atoms with Gasteiger partial charge in [-0.3, -0.25) is 4.79 Å². The first-order chi connectivity index (χ1) is 16.0. The van der Waals surface area contributed by atoms with Crippen LogP contribution in [0.2, 0.25) is 0 Å². The second-order valence-corrected chi connectivity index (χ2v) is 7.09. The second-order valence-electron chi connectivity index (χ2n) is 6.69. The molecule has 10 heteroatoms. The van der Waals surface area contributed by atoms with Gasteiger partial charge in [0.25, 0.3) is 5.91 Å². The van der Waals surface area contributed by atoms with Crippen LogP contribution in [0.3, 0.4) is 0 Å². The molecule has 0 aliphatic heterocycles. The fraction of sp³-hybridized carbons (Fsp3) is 0.217. The number of rotatable bonds is 9. The van der Waals surface area contributed by atoms with Gasteiger partial charge in [0.1, 0.15) is 0 Å². The summed E-state index contributed by atoms with van der Waals surface area (Å²) in [7, 11) is 6.17. The Balaban J connectivity index is 1.70. The van der Waals surface area contributed by atoms with Crippen molar-refractivity contribution in [1.82, 2.24) is 5.32 Å². The number of amides is 1. The Morgan fingerprint density at radius 3 is 2.12 bits per heavy atom. The highest BCUT2D eigenvalue weighted by molar-refractivity contribution is 7.80. The Hall–Kier alpha value is -3.76. The number of benzene rings is 2. The van der Waals surface area contributed by atoms with Crippen molar-refractivity contribution in [3.63, 3.8) is 0 Å². The van der Waals surface area contributed by atoms with E-state index in [1.807, 2.05) is 6.07 Å². The summed E-state index contributed by atoms with van der Waals surface area (Å²) in [6.07, 6.45) is 0.845. The number of carbonyl (C=O) groups excluding carboxylic acids is 1. The van der Waals surface area contributed by atoms with E-state index in [1.54, 1.807) is 63.8 Å². The number of methoxy groups -OCH3 is 4. The van der Waals surface area contributed by atoms with E-state index in [9.17, 15) is 4.79 Å². The summed E-state index contributed by atoms with van der Waals surface area (Å²) < 4.78 is 26.9. The summed E-state index contributed by atoms with van der Waals surface area (Å²) >= 11 is 5.45. The smallest absolute Gasteiger partial charge is 0.291 e. The Labute approximate surface area is 197 Å². The van der Waals surface area contributed by atoms with Crippen molar-refractivity contribution < 1.29 is 28.2 Å². The lowest BCUT2D eigenvalue weighted by atomic mass is 10.1. The largest absolute Gasteiger partial charge is 0.493 e. The summed E-state index contributed by atoms with van der Waals surface area (Å²) in [5.41, 5.74) is 1.97. The maximum atomic E-state index is 12.2. The minimum atomic E-state index is -0.597. The van der Waals surface area contributed by atoms with E-state index >= 15 is 0 Å². The van der Waals surface area contributed by atoms with Crippen LogP contribution in [0.5, 0.6) is 17.2 Å². The zero-order chi connectivity index (χ0) is 23.8. The number of carbonyl (C=O) groups is 1. The van der Waals surface area contributed by atoms with Gasteiger partial charge in [0.2, 0.25) is 5.75 Å². The number of hydrogen-bond donors (Lipinski definition) is 3. The third kappa shape index (κ3) is 5.93. The summed E-state index contributed by atoms with van der Waals surface area (Å²) in [6.45, 7) is 0. The highest BCUT2D eigenvalue weighted by atomic mass is 32.1. The van der Waals surface area contributed by atoms with Gasteiger partial charge in [-0.15, -0.1) is 0 Å². The molecule has 1 unspecified atom stereocenters. The lowest BCUT2D eigenvalue weighted by molar-refractivity contribution is 0.0911. The van der Waals surface area contributed by atoms with E-state index in [1.165, 1.54) is 13.4 Å². The van der Waals surface area contributed by atoms with Crippen molar-refractivity contribution >= 4 is 34.6 Å². The fourth-order valence-electron chi connectivity index (χ4n) is 3.09.